The van der Waals surface area contributed by atoms with Crippen LogP contribution in [0.3, 0.4) is 0 Å². The van der Waals surface area contributed by atoms with E-state index in [2.05, 4.69) is 0 Å². The highest BCUT2D eigenvalue weighted by Crippen LogP contribution is 2.41. The minimum Gasteiger partial charge on any atom is -0.237 e. The number of halogens is 4. The van der Waals surface area contributed by atoms with E-state index in [-0.39, 0.29) is 0 Å². The van der Waals surface area contributed by atoms with Gasteiger partial charge in [0.2, 0.25) is 0 Å². The molecule has 1 aliphatic rings. The van der Waals surface area contributed by atoms with Gasteiger partial charge >= 0.3 is 6.18 Å². The molecule has 0 N–H and O–H groups in total. The molecule has 1 fully saturated rings. The SMILES string of the molecule is FC(C1CC1)C(F)(F)F. The summed E-state index contributed by atoms with van der Waals surface area (Å²) in [5.41, 5.74) is 0. The van der Waals surface area contributed by atoms with Gasteiger partial charge in [0.05, 0.1) is 0 Å². The summed E-state index contributed by atoms with van der Waals surface area (Å²) in [6.45, 7) is 0. The molecule has 0 aromatic rings. The highest BCUT2D eigenvalue weighted by Gasteiger charge is 2.49. The lowest BCUT2D eigenvalue weighted by atomic mass is 10.2. The third kappa shape index (κ3) is 1.56. The van der Waals surface area contributed by atoms with Gasteiger partial charge in [-0.1, -0.05) is 0 Å². The molecule has 1 rings (SSSR count). The summed E-state index contributed by atoms with van der Waals surface area (Å²) in [7, 11) is 0. The molecule has 0 spiro atoms. The van der Waals surface area contributed by atoms with Crippen LogP contribution in [0.2, 0.25) is 0 Å². The maximum atomic E-state index is 12.0. The molecule has 4 heteroatoms. The van der Waals surface area contributed by atoms with Crippen LogP contribution in [-0.4, -0.2) is 12.3 Å². The zero-order valence-electron chi connectivity index (χ0n) is 4.58. The molecule has 0 aromatic carbocycles. The summed E-state index contributed by atoms with van der Waals surface area (Å²) in [6, 6.07) is 0. The first-order chi connectivity index (χ1) is 4.02. The van der Waals surface area contributed by atoms with Crippen LogP contribution in [0.5, 0.6) is 0 Å². The molecule has 1 unspecified atom stereocenters. The van der Waals surface area contributed by atoms with Gasteiger partial charge in [-0.2, -0.15) is 13.2 Å². The Labute approximate surface area is 49.9 Å². The smallest absolute Gasteiger partial charge is 0.237 e. The van der Waals surface area contributed by atoms with E-state index < -0.39 is 18.3 Å². The minimum absolute atomic E-state index is 0.390. The van der Waals surface area contributed by atoms with Crippen LogP contribution < -0.4 is 0 Å². The van der Waals surface area contributed by atoms with Crippen LogP contribution in [0, 0.1) is 5.92 Å². The molecule has 0 nitrogen and oxygen atoms in total. The fraction of sp³-hybridized carbons (Fsp3) is 1.00. The zero-order chi connectivity index (χ0) is 7.07. The van der Waals surface area contributed by atoms with Crippen molar-refractivity contribution in [1.29, 1.82) is 0 Å². The minimum atomic E-state index is -4.62. The van der Waals surface area contributed by atoms with Crippen LogP contribution in [-0.2, 0) is 0 Å². The second-order valence-electron chi connectivity index (χ2n) is 2.28. The third-order valence-electron chi connectivity index (χ3n) is 1.35. The molecule has 0 amide bonds. The number of alkyl halides is 4. The Kier molecular flexibility index (Phi) is 1.41. The Balaban J connectivity index is 2.40. The molecule has 0 heterocycles. The lowest BCUT2D eigenvalue weighted by Gasteiger charge is -2.09. The Morgan fingerprint density at radius 2 is 1.67 bits per heavy atom. The van der Waals surface area contributed by atoms with Crippen molar-refractivity contribution in [1.82, 2.24) is 0 Å². The fourth-order valence-corrected chi connectivity index (χ4v) is 0.656. The lowest BCUT2D eigenvalue weighted by molar-refractivity contribution is -0.185. The molecule has 1 atom stereocenters. The Morgan fingerprint density at radius 1 is 1.22 bits per heavy atom. The monoisotopic (exact) mass is 142 g/mol. The van der Waals surface area contributed by atoms with Gasteiger partial charge in [0, 0.05) is 0 Å². The molecule has 9 heavy (non-hydrogen) atoms. The topological polar surface area (TPSA) is 0 Å². The molecular weight excluding hydrogens is 136 g/mol. The maximum Gasteiger partial charge on any atom is 0.419 e. The van der Waals surface area contributed by atoms with Crippen molar-refractivity contribution in [3.05, 3.63) is 0 Å². The molecule has 54 valence electrons. The van der Waals surface area contributed by atoms with E-state index in [1.807, 2.05) is 0 Å². The third-order valence-corrected chi connectivity index (χ3v) is 1.35. The average Bonchev–Trinajstić information content (AvgIpc) is 2.40. The molecule has 0 aliphatic heterocycles. The fourth-order valence-electron chi connectivity index (χ4n) is 0.656. The predicted octanol–water partition coefficient (Wildman–Crippen LogP) is 2.30. The maximum absolute atomic E-state index is 12.0. The summed E-state index contributed by atoms with van der Waals surface area (Å²) in [6.07, 6.45) is -6.42. The molecule has 0 aromatic heterocycles. The molecule has 0 radical (unpaired) electrons. The quantitative estimate of drug-likeness (QED) is 0.493. The van der Waals surface area contributed by atoms with E-state index >= 15 is 0 Å². The van der Waals surface area contributed by atoms with E-state index in [9.17, 15) is 17.6 Å². The first-order valence-electron chi connectivity index (χ1n) is 2.72. The summed E-state index contributed by atoms with van der Waals surface area (Å²) < 4.78 is 46.1. The van der Waals surface area contributed by atoms with Crippen LogP contribution in [0.4, 0.5) is 17.6 Å². The van der Waals surface area contributed by atoms with E-state index in [1.165, 1.54) is 0 Å². The van der Waals surface area contributed by atoms with E-state index in [4.69, 9.17) is 0 Å². The van der Waals surface area contributed by atoms with E-state index in [0.29, 0.717) is 12.8 Å². The van der Waals surface area contributed by atoms with Gasteiger partial charge in [-0.3, -0.25) is 0 Å². The van der Waals surface area contributed by atoms with Crippen LogP contribution in [0.25, 0.3) is 0 Å². The van der Waals surface area contributed by atoms with Crippen molar-refractivity contribution in [3.8, 4) is 0 Å². The van der Waals surface area contributed by atoms with Crippen LogP contribution in [0.1, 0.15) is 12.8 Å². The Bertz CT molecular complexity index is 102. The van der Waals surface area contributed by atoms with Gasteiger partial charge in [-0.05, 0) is 18.8 Å². The first-order valence-corrected chi connectivity index (χ1v) is 2.72. The van der Waals surface area contributed by atoms with Crippen molar-refractivity contribution in [2.24, 2.45) is 5.92 Å². The predicted molar refractivity (Wildman–Crippen MR) is 23.7 cm³/mol. The second kappa shape index (κ2) is 1.85. The Morgan fingerprint density at radius 3 is 1.78 bits per heavy atom. The highest BCUT2D eigenvalue weighted by atomic mass is 19.4. The van der Waals surface area contributed by atoms with Gasteiger partial charge in [0.25, 0.3) is 0 Å². The molecule has 1 aliphatic carbocycles. The summed E-state index contributed by atoms with van der Waals surface area (Å²) in [4.78, 5) is 0. The van der Waals surface area contributed by atoms with Gasteiger partial charge < -0.3 is 0 Å². The van der Waals surface area contributed by atoms with Gasteiger partial charge in [0.15, 0.2) is 6.17 Å². The van der Waals surface area contributed by atoms with Crippen molar-refractivity contribution in [2.45, 2.75) is 25.2 Å². The van der Waals surface area contributed by atoms with Crippen molar-refractivity contribution < 1.29 is 17.6 Å². The normalized spacial score (nSPS) is 24.0. The second-order valence-corrected chi connectivity index (χ2v) is 2.28. The van der Waals surface area contributed by atoms with Gasteiger partial charge in [-0.25, -0.2) is 4.39 Å². The summed E-state index contributed by atoms with van der Waals surface area (Å²) >= 11 is 0. The zero-order valence-corrected chi connectivity index (χ0v) is 4.58. The number of rotatable bonds is 1. The van der Waals surface area contributed by atoms with Gasteiger partial charge in [-0.15, -0.1) is 0 Å². The van der Waals surface area contributed by atoms with E-state index in [1.54, 1.807) is 0 Å². The molecule has 0 saturated heterocycles. The molecular formula is C5H6F4. The van der Waals surface area contributed by atoms with Crippen molar-refractivity contribution >= 4 is 0 Å². The summed E-state index contributed by atoms with van der Waals surface area (Å²) in [5, 5.41) is 0. The standard InChI is InChI=1S/C5H6F4/c6-4(3-1-2-3)5(7,8)9/h3-4H,1-2H2. The Hall–Kier alpha value is -0.280. The van der Waals surface area contributed by atoms with E-state index in [0.717, 1.165) is 0 Å². The van der Waals surface area contributed by atoms with Crippen molar-refractivity contribution in [3.63, 3.8) is 0 Å². The summed E-state index contributed by atoms with van der Waals surface area (Å²) in [5.74, 6) is -0.731. The largest absolute Gasteiger partial charge is 0.419 e. The lowest BCUT2D eigenvalue weighted by Crippen LogP contribution is -2.25. The number of hydrogen-bond acceptors (Lipinski definition) is 0. The highest BCUT2D eigenvalue weighted by molar-refractivity contribution is 4.85. The van der Waals surface area contributed by atoms with Gasteiger partial charge in [0.1, 0.15) is 0 Å². The van der Waals surface area contributed by atoms with Crippen LogP contribution in [0.15, 0.2) is 0 Å². The average molecular weight is 142 g/mol. The molecule has 0 bridgehead atoms. The molecule has 1 saturated carbocycles. The van der Waals surface area contributed by atoms with Crippen molar-refractivity contribution in [2.75, 3.05) is 0 Å². The first kappa shape index (κ1) is 6.83. The van der Waals surface area contributed by atoms with Crippen LogP contribution >= 0.6 is 0 Å². The number of hydrogen-bond donors (Lipinski definition) is 0.